The first kappa shape index (κ1) is 29.9. The summed E-state index contributed by atoms with van der Waals surface area (Å²) in [5.41, 5.74) is 7.07. The molecule has 0 aliphatic rings. The number of carboxylic acid groups (broad SMARTS) is 1. The number of rotatable bonds is 16. The number of furan rings is 1. The molecule has 5 N–H and O–H groups in total. The highest BCUT2D eigenvalue weighted by Crippen LogP contribution is 2.26. The topological polar surface area (TPSA) is 164 Å². The van der Waals surface area contributed by atoms with E-state index in [1.54, 1.807) is 6.07 Å². The van der Waals surface area contributed by atoms with Crippen LogP contribution in [0, 0.1) is 5.92 Å². The fourth-order valence-corrected chi connectivity index (χ4v) is 3.97. The van der Waals surface area contributed by atoms with E-state index in [9.17, 15) is 24.3 Å². The molecule has 1 atom stereocenters. The number of nitrogens with two attached hydrogens (primary N) is 1. The normalized spacial score (nSPS) is 11.4. The van der Waals surface area contributed by atoms with Gasteiger partial charge in [-0.2, -0.15) is 0 Å². The van der Waals surface area contributed by atoms with Crippen molar-refractivity contribution in [2.24, 2.45) is 5.92 Å². The molecule has 0 aliphatic heterocycles. The molecule has 0 saturated heterocycles. The molecule has 0 fully saturated rings. The molecule has 40 heavy (non-hydrogen) atoms. The molecule has 11 heteroatoms. The number of nitrogens with zero attached hydrogens (tertiary/aromatic N) is 1. The van der Waals surface area contributed by atoms with Crippen molar-refractivity contribution in [2.45, 2.75) is 39.2 Å². The molecule has 1 heterocycles. The Hall–Kier alpha value is -4.64. The van der Waals surface area contributed by atoms with Gasteiger partial charge in [-0.25, -0.2) is 9.86 Å². The molecule has 0 bridgehead atoms. The van der Waals surface area contributed by atoms with Crippen molar-refractivity contribution in [2.75, 3.05) is 18.9 Å². The minimum absolute atomic E-state index is 0.0149. The smallest absolute Gasteiger partial charge is 0.337 e. The summed E-state index contributed by atoms with van der Waals surface area (Å²) >= 11 is 0. The highest BCUT2D eigenvalue weighted by molar-refractivity contribution is 5.95. The van der Waals surface area contributed by atoms with E-state index in [0.29, 0.717) is 18.4 Å². The third kappa shape index (κ3) is 8.70. The first-order valence-corrected chi connectivity index (χ1v) is 13.0. The van der Waals surface area contributed by atoms with Crippen LogP contribution in [0.2, 0.25) is 0 Å². The highest BCUT2D eigenvalue weighted by atomic mass is 16.7. The molecule has 0 aliphatic carbocycles. The van der Waals surface area contributed by atoms with Crippen molar-refractivity contribution in [3.05, 3.63) is 77.6 Å². The number of hydrogen-bond acceptors (Lipinski definition) is 7. The lowest BCUT2D eigenvalue weighted by Gasteiger charge is -2.23. The van der Waals surface area contributed by atoms with Gasteiger partial charge in [0.2, 0.25) is 12.3 Å². The minimum Gasteiger partial charge on any atom is -0.478 e. The van der Waals surface area contributed by atoms with Crippen molar-refractivity contribution in [3.63, 3.8) is 0 Å². The molecule has 3 amide bonds. The Morgan fingerprint density at radius 3 is 2.55 bits per heavy atom. The first-order valence-electron chi connectivity index (χ1n) is 13.0. The average Bonchev–Trinajstić information content (AvgIpc) is 3.45. The van der Waals surface area contributed by atoms with E-state index in [-0.39, 0.29) is 48.5 Å². The van der Waals surface area contributed by atoms with Gasteiger partial charge in [0.05, 0.1) is 24.7 Å². The third-order valence-electron chi connectivity index (χ3n) is 6.19. The van der Waals surface area contributed by atoms with Crippen LogP contribution in [0.1, 0.15) is 59.1 Å². The zero-order chi connectivity index (χ0) is 28.9. The number of unbranched alkanes of at least 4 members (excludes halogenated alkanes) is 2. The molecule has 2 aromatic carbocycles. The number of hydrogen-bond donors (Lipinski definition) is 4. The summed E-state index contributed by atoms with van der Waals surface area (Å²) in [6.07, 6.45) is 3.82. The van der Waals surface area contributed by atoms with E-state index in [0.717, 1.165) is 29.9 Å². The number of aromatic carboxylic acids is 1. The lowest BCUT2D eigenvalue weighted by atomic mass is 10.0. The van der Waals surface area contributed by atoms with Crippen LogP contribution in [-0.2, 0) is 21.0 Å². The monoisotopic (exact) mass is 550 g/mol. The lowest BCUT2D eigenvalue weighted by molar-refractivity contribution is -0.182. The molecule has 3 rings (SSSR count). The summed E-state index contributed by atoms with van der Waals surface area (Å²) in [4.78, 5) is 54.1. The van der Waals surface area contributed by atoms with Gasteiger partial charge in [-0.05, 0) is 42.3 Å². The maximum absolute atomic E-state index is 12.9. The quantitative estimate of drug-likeness (QED) is 0.0687. The number of hydroxylamine groups is 2. The van der Waals surface area contributed by atoms with Gasteiger partial charge in [-0.1, -0.05) is 56.5 Å². The zero-order valence-corrected chi connectivity index (χ0v) is 22.3. The largest absolute Gasteiger partial charge is 0.478 e. The van der Waals surface area contributed by atoms with Gasteiger partial charge in [0, 0.05) is 11.3 Å². The van der Waals surface area contributed by atoms with Gasteiger partial charge in [0.25, 0.3) is 5.91 Å². The van der Waals surface area contributed by atoms with Gasteiger partial charge in [-0.15, -0.1) is 0 Å². The number of carbonyl (C=O) groups is 4. The molecule has 0 saturated carbocycles. The standard InChI is InChI=1S/C29H34N4O7/c1-2-3-5-10-22(16-33(19-34)39-17-20-8-6-4-7-9-20)27(35)31-18-32-28(36)26-14-13-25(40-26)21-11-12-24(30)23(15-21)29(37)38/h4,6-9,11-15,19,22H,2-3,5,10,16-18,30H2,1H3,(H,31,35)(H,32,36)(H,37,38)/t22-/m1/s1. The SMILES string of the molecule is CCCCC[C@H](CN(C=O)OCc1ccccc1)C(=O)NCNC(=O)c1ccc(-c2ccc(N)c(C(=O)O)c2)o1. The van der Waals surface area contributed by atoms with Crippen molar-refractivity contribution < 1.29 is 33.5 Å². The summed E-state index contributed by atoms with van der Waals surface area (Å²) in [5, 5.41) is 15.7. The second kappa shape index (κ2) is 15.1. The van der Waals surface area contributed by atoms with Gasteiger partial charge in [0.1, 0.15) is 12.4 Å². The van der Waals surface area contributed by atoms with Crippen molar-refractivity contribution in [1.82, 2.24) is 15.7 Å². The fourth-order valence-electron chi connectivity index (χ4n) is 3.97. The molecule has 1 aromatic heterocycles. The Bertz CT molecular complexity index is 1290. The van der Waals surface area contributed by atoms with Crippen LogP contribution in [0.4, 0.5) is 5.69 Å². The predicted octanol–water partition coefficient (Wildman–Crippen LogP) is 3.82. The van der Waals surface area contributed by atoms with Crippen molar-refractivity contribution in [1.29, 1.82) is 0 Å². The van der Waals surface area contributed by atoms with Gasteiger partial charge >= 0.3 is 5.97 Å². The first-order chi connectivity index (χ1) is 19.3. The Labute approximate surface area is 232 Å². The molecule has 3 aromatic rings. The molecular weight excluding hydrogens is 516 g/mol. The number of carboxylic acids is 1. The maximum Gasteiger partial charge on any atom is 0.337 e. The van der Waals surface area contributed by atoms with Gasteiger partial charge in [-0.3, -0.25) is 19.2 Å². The van der Waals surface area contributed by atoms with Crippen molar-refractivity contribution >= 4 is 29.9 Å². The van der Waals surface area contributed by atoms with E-state index >= 15 is 0 Å². The lowest BCUT2D eigenvalue weighted by Crippen LogP contribution is -2.43. The number of anilines is 1. The second-order valence-electron chi connectivity index (χ2n) is 9.15. The fraction of sp³-hybridized carbons (Fsp3) is 0.310. The van der Waals surface area contributed by atoms with E-state index in [4.69, 9.17) is 15.0 Å². The Morgan fingerprint density at radius 1 is 1.07 bits per heavy atom. The third-order valence-corrected chi connectivity index (χ3v) is 6.19. The molecule has 0 unspecified atom stereocenters. The predicted molar refractivity (Wildman–Crippen MR) is 148 cm³/mol. The number of nitrogens with one attached hydrogen (secondary N) is 2. The average molecular weight is 551 g/mol. The summed E-state index contributed by atoms with van der Waals surface area (Å²) in [7, 11) is 0. The van der Waals surface area contributed by atoms with Crippen LogP contribution >= 0.6 is 0 Å². The number of benzene rings is 2. The summed E-state index contributed by atoms with van der Waals surface area (Å²) < 4.78 is 5.59. The maximum atomic E-state index is 12.9. The Balaban J connectivity index is 1.55. The molecular formula is C29H34N4O7. The Morgan fingerprint density at radius 2 is 1.85 bits per heavy atom. The minimum atomic E-state index is -1.17. The van der Waals surface area contributed by atoms with Gasteiger partial charge < -0.3 is 25.9 Å². The van der Waals surface area contributed by atoms with Crippen LogP contribution < -0.4 is 16.4 Å². The molecule has 11 nitrogen and oxygen atoms in total. The van der Waals surface area contributed by atoms with Crippen LogP contribution in [-0.4, -0.2) is 47.6 Å². The molecule has 212 valence electrons. The van der Waals surface area contributed by atoms with E-state index < -0.39 is 17.8 Å². The molecule has 0 spiro atoms. The van der Waals surface area contributed by atoms with E-state index in [2.05, 4.69) is 17.6 Å². The van der Waals surface area contributed by atoms with Gasteiger partial charge in [0.15, 0.2) is 5.76 Å². The number of amides is 3. The number of carbonyl (C=O) groups excluding carboxylic acids is 3. The zero-order valence-electron chi connectivity index (χ0n) is 22.3. The summed E-state index contributed by atoms with van der Waals surface area (Å²) in [5.74, 6) is -2.32. The van der Waals surface area contributed by atoms with E-state index in [1.807, 2.05) is 30.3 Å². The van der Waals surface area contributed by atoms with E-state index in [1.165, 1.54) is 24.3 Å². The second-order valence-corrected chi connectivity index (χ2v) is 9.15. The number of nitrogen functional groups attached to an aromatic ring is 1. The van der Waals surface area contributed by atoms with Crippen LogP contribution in [0.3, 0.4) is 0 Å². The van der Waals surface area contributed by atoms with Crippen LogP contribution in [0.25, 0.3) is 11.3 Å². The van der Waals surface area contributed by atoms with Crippen LogP contribution in [0.15, 0.2) is 65.1 Å². The van der Waals surface area contributed by atoms with Crippen LogP contribution in [0.5, 0.6) is 0 Å². The molecule has 0 radical (unpaired) electrons. The Kier molecular flexibility index (Phi) is 11.3. The summed E-state index contributed by atoms with van der Waals surface area (Å²) in [6.45, 7) is 2.16. The highest BCUT2D eigenvalue weighted by Gasteiger charge is 2.22. The van der Waals surface area contributed by atoms with Crippen molar-refractivity contribution in [3.8, 4) is 11.3 Å². The summed E-state index contributed by atoms with van der Waals surface area (Å²) in [6, 6.07) is 16.8.